The van der Waals surface area contributed by atoms with Crippen LogP contribution >= 0.6 is 11.6 Å². The van der Waals surface area contributed by atoms with Gasteiger partial charge in [-0.2, -0.15) is 0 Å². The molecule has 0 saturated heterocycles. The van der Waals surface area contributed by atoms with Crippen LogP contribution < -0.4 is 10.5 Å². The molecule has 2 rings (SSSR count). The molecule has 19 heavy (non-hydrogen) atoms. The minimum atomic E-state index is -0.155. The Kier molecular flexibility index (Phi) is 4.46. The molecule has 0 aliphatic rings. The summed E-state index contributed by atoms with van der Waals surface area (Å²) in [4.78, 5) is 0. The van der Waals surface area contributed by atoms with Gasteiger partial charge >= 0.3 is 0 Å². The molecule has 0 aliphatic heterocycles. The van der Waals surface area contributed by atoms with Crippen LogP contribution in [-0.2, 0) is 0 Å². The van der Waals surface area contributed by atoms with Crippen LogP contribution in [0.5, 0.6) is 5.75 Å². The highest BCUT2D eigenvalue weighted by Crippen LogP contribution is 2.27. The topological polar surface area (TPSA) is 35.2 Å². The normalized spacial score (nSPS) is 12.2. The highest BCUT2D eigenvalue weighted by atomic mass is 35.5. The van der Waals surface area contributed by atoms with E-state index < -0.39 is 0 Å². The van der Waals surface area contributed by atoms with E-state index in [4.69, 9.17) is 22.1 Å². The maximum atomic E-state index is 6.03. The van der Waals surface area contributed by atoms with E-state index in [2.05, 4.69) is 19.9 Å². The van der Waals surface area contributed by atoms with Crippen molar-refractivity contribution in [2.75, 3.05) is 6.54 Å². The molecule has 1 unspecified atom stereocenters. The van der Waals surface area contributed by atoms with Gasteiger partial charge in [-0.3, -0.25) is 0 Å². The molecule has 2 nitrogen and oxygen atoms in total. The molecular weight excluding hydrogens is 258 g/mol. The summed E-state index contributed by atoms with van der Waals surface area (Å²) in [6.45, 7) is 4.55. The second-order valence-corrected chi connectivity index (χ2v) is 5.03. The Morgan fingerprint density at radius 1 is 1.11 bits per heavy atom. The number of hydrogen-bond acceptors (Lipinski definition) is 2. The van der Waals surface area contributed by atoms with Crippen molar-refractivity contribution < 1.29 is 4.74 Å². The molecule has 0 heterocycles. The highest BCUT2D eigenvalue weighted by Gasteiger charge is 2.13. The summed E-state index contributed by atoms with van der Waals surface area (Å²) in [6, 6.07) is 13.6. The van der Waals surface area contributed by atoms with Gasteiger partial charge in [0.05, 0.1) is 0 Å². The first-order valence-electron chi connectivity index (χ1n) is 6.30. The zero-order chi connectivity index (χ0) is 13.8. The van der Waals surface area contributed by atoms with Gasteiger partial charge in [0, 0.05) is 11.6 Å². The van der Waals surface area contributed by atoms with Crippen molar-refractivity contribution in [3.8, 4) is 5.75 Å². The van der Waals surface area contributed by atoms with Gasteiger partial charge in [0.1, 0.15) is 11.9 Å². The van der Waals surface area contributed by atoms with Crippen LogP contribution in [0.25, 0.3) is 0 Å². The van der Waals surface area contributed by atoms with Gasteiger partial charge in [0.15, 0.2) is 0 Å². The Balaban J connectivity index is 2.24. The quantitative estimate of drug-likeness (QED) is 0.914. The molecule has 0 aromatic heterocycles. The molecule has 0 radical (unpaired) electrons. The Morgan fingerprint density at radius 2 is 1.79 bits per heavy atom. The molecule has 100 valence electrons. The van der Waals surface area contributed by atoms with Crippen LogP contribution in [0.4, 0.5) is 0 Å². The third kappa shape index (κ3) is 3.28. The lowest BCUT2D eigenvalue weighted by Gasteiger charge is -2.20. The zero-order valence-corrected chi connectivity index (χ0v) is 11.9. The van der Waals surface area contributed by atoms with E-state index >= 15 is 0 Å². The molecule has 0 saturated carbocycles. The largest absolute Gasteiger partial charge is 0.484 e. The van der Waals surface area contributed by atoms with Gasteiger partial charge in [-0.05, 0) is 48.7 Å². The minimum absolute atomic E-state index is 0.155. The van der Waals surface area contributed by atoms with E-state index in [0.29, 0.717) is 11.6 Å². The predicted molar refractivity (Wildman–Crippen MR) is 79.8 cm³/mol. The van der Waals surface area contributed by atoms with E-state index in [0.717, 1.165) is 16.9 Å². The maximum absolute atomic E-state index is 6.03. The summed E-state index contributed by atoms with van der Waals surface area (Å²) in [5.41, 5.74) is 9.22. The smallest absolute Gasteiger partial charge is 0.136 e. The van der Waals surface area contributed by atoms with Crippen LogP contribution in [0, 0.1) is 13.8 Å². The molecular formula is C16H18ClNO. The number of rotatable bonds is 4. The van der Waals surface area contributed by atoms with Crippen molar-refractivity contribution >= 4 is 11.6 Å². The Bertz CT molecular complexity index is 551. The van der Waals surface area contributed by atoms with Gasteiger partial charge in [0.2, 0.25) is 0 Å². The predicted octanol–water partition coefficient (Wildman–Crippen LogP) is 4.04. The molecule has 0 spiro atoms. The van der Waals surface area contributed by atoms with Crippen molar-refractivity contribution in [1.82, 2.24) is 0 Å². The average molecular weight is 276 g/mol. The fourth-order valence-electron chi connectivity index (χ4n) is 1.93. The summed E-state index contributed by atoms with van der Waals surface area (Å²) >= 11 is 5.89. The molecule has 1 atom stereocenters. The van der Waals surface area contributed by atoms with Gasteiger partial charge < -0.3 is 10.5 Å². The first-order chi connectivity index (χ1) is 9.11. The van der Waals surface area contributed by atoms with Crippen molar-refractivity contribution in [3.05, 3.63) is 64.2 Å². The van der Waals surface area contributed by atoms with Crippen LogP contribution in [0.3, 0.4) is 0 Å². The molecule has 0 aliphatic carbocycles. The van der Waals surface area contributed by atoms with Crippen molar-refractivity contribution in [3.63, 3.8) is 0 Å². The molecule has 0 bridgehead atoms. The lowest BCUT2D eigenvalue weighted by atomic mass is 10.1. The Labute approximate surface area is 119 Å². The Morgan fingerprint density at radius 3 is 2.42 bits per heavy atom. The minimum Gasteiger partial charge on any atom is -0.484 e. The standard InChI is InChI=1S/C16H18ClNO/c1-11-4-3-5-15(12(11)2)19-16(10-18)13-6-8-14(17)9-7-13/h3-9,16H,10,18H2,1-2H3. The molecule has 2 aromatic carbocycles. The number of benzene rings is 2. The molecule has 2 N–H and O–H groups in total. The number of ether oxygens (including phenoxy) is 1. The first-order valence-corrected chi connectivity index (χ1v) is 6.68. The monoisotopic (exact) mass is 275 g/mol. The van der Waals surface area contributed by atoms with Crippen LogP contribution in [0.15, 0.2) is 42.5 Å². The average Bonchev–Trinajstić information content (AvgIpc) is 2.42. The third-order valence-electron chi connectivity index (χ3n) is 3.28. The third-order valence-corrected chi connectivity index (χ3v) is 3.53. The van der Waals surface area contributed by atoms with Gasteiger partial charge in [-0.25, -0.2) is 0 Å². The summed E-state index contributed by atoms with van der Waals surface area (Å²) in [7, 11) is 0. The lowest BCUT2D eigenvalue weighted by Crippen LogP contribution is -2.18. The van der Waals surface area contributed by atoms with E-state index in [-0.39, 0.29) is 6.10 Å². The van der Waals surface area contributed by atoms with E-state index in [9.17, 15) is 0 Å². The lowest BCUT2D eigenvalue weighted by molar-refractivity contribution is 0.212. The summed E-state index contributed by atoms with van der Waals surface area (Å²) < 4.78 is 6.03. The number of nitrogens with two attached hydrogens (primary N) is 1. The van der Waals surface area contributed by atoms with E-state index in [1.165, 1.54) is 5.56 Å². The SMILES string of the molecule is Cc1cccc(OC(CN)c2ccc(Cl)cc2)c1C. The maximum Gasteiger partial charge on any atom is 0.136 e. The fourth-order valence-corrected chi connectivity index (χ4v) is 2.06. The van der Waals surface area contributed by atoms with Crippen LogP contribution in [0.1, 0.15) is 22.8 Å². The first kappa shape index (κ1) is 13.9. The van der Waals surface area contributed by atoms with Gasteiger partial charge in [-0.15, -0.1) is 0 Å². The molecule has 0 amide bonds. The summed E-state index contributed by atoms with van der Waals surface area (Å²) in [5, 5.41) is 0.714. The number of halogens is 1. The van der Waals surface area contributed by atoms with Crippen molar-refractivity contribution in [2.45, 2.75) is 20.0 Å². The number of hydrogen-bond donors (Lipinski definition) is 1. The molecule has 2 aromatic rings. The Hall–Kier alpha value is -1.51. The zero-order valence-electron chi connectivity index (χ0n) is 11.2. The van der Waals surface area contributed by atoms with Gasteiger partial charge in [-0.1, -0.05) is 35.9 Å². The molecule has 3 heteroatoms. The van der Waals surface area contributed by atoms with Crippen LogP contribution in [0.2, 0.25) is 5.02 Å². The number of aryl methyl sites for hydroxylation is 1. The van der Waals surface area contributed by atoms with Gasteiger partial charge in [0.25, 0.3) is 0 Å². The second-order valence-electron chi connectivity index (χ2n) is 4.59. The van der Waals surface area contributed by atoms with Crippen LogP contribution in [-0.4, -0.2) is 6.54 Å². The summed E-state index contributed by atoms with van der Waals surface area (Å²) in [5.74, 6) is 0.880. The van der Waals surface area contributed by atoms with Crippen molar-refractivity contribution in [2.24, 2.45) is 5.73 Å². The second kappa shape index (κ2) is 6.09. The summed E-state index contributed by atoms with van der Waals surface area (Å²) in [6.07, 6.45) is -0.155. The fraction of sp³-hybridized carbons (Fsp3) is 0.250. The molecule has 0 fully saturated rings. The highest BCUT2D eigenvalue weighted by molar-refractivity contribution is 6.30. The van der Waals surface area contributed by atoms with E-state index in [1.54, 1.807) is 0 Å². The van der Waals surface area contributed by atoms with Crippen molar-refractivity contribution in [1.29, 1.82) is 0 Å². The van der Waals surface area contributed by atoms with E-state index in [1.807, 2.05) is 36.4 Å².